The Morgan fingerprint density at radius 1 is 0.759 bits per heavy atom. The van der Waals surface area contributed by atoms with Crippen LogP contribution < -0.4 is 10.6 Å². The van der Waals surface area contributed by atoms with Gasteiger partial charge < -0.3 is 34.9 Å². The number of allylic oxidation sites excluding steroid dienone is 1. The highest BCUT2D eigenvalue weighted by molar-refractivity contribution is 6.04. The maximum absolute atomic E-state index is 13.7. The van der Waals surface area contributed by atoms with E-state index >= 15 is 0 Å². The monoisotopic (exact) mass is 787 g/mol. The van der Waals surface area contributed by atoms with Gasteiger partial charge in [-0.3, -0.25) is 14.6 Å². The standard InChI is InChI=1S/C45H53N7O6/c1-26(2)39(49-44(55)57-5)42(53)51-19-9-15-37(51)35-23-32(24-46-35)28-11-7-12-29(21-28)33-14-8-13-30-22-31(17-18-34(30)33)36-25-47-41(48-36)38-16-10-20-52(38)43(54)40(27(3)4)50-45(56)58-6/h7-8,11-14,17-18,21-22,24-27,37-40H,9-10,15-16,19-20,23H2,1-6H3,(H,47,48)(H,49,55)(H,50,56)/t37-,38-,39-,40-/m0/s1. The number of imidazole rings is 1. The molecule has 4 amide bonds. The Morgan fingerprint density at radius 3 is 2.03 bits per heavy atom. The minimum absolute atomic E-state index is 0.0942. The first-order valence-electron chi connectivity index (χ1n) is 20.2. The highest BCUT2D eigenvalue weighted by Gasteiger charge is 2.39. The smallest absolute Gasteiger partial charge is 0.407 e. The molecule has 58 heavy (non-hydrogen) atoms. The average Bonchev–Trinajstić information content (AvgIpc) is 4.07. The van der Waals surface area contributed by atoms with Gasteiger partial charge in [-0.25, -0.2) is 14.6 Å². The van der Waals surface area contributed by atoms with Crippen LogP contribution >= 0.6 is 0 Å². The summed E-state index contributed by atoms with van der Waals surface area (Å²) >= 11 is 0. The van der Waals surface area contributed by atoms with Crippen molar-refractivity contribution in [1.29, 1.82) is 0 Å². The number of aliphatic imine (C=N–C) groups is 1. The van der Waals surface area contributed by atoms with Crippen LogP contribution in [-0.4, -0.2) is 94.9 Å². The summed E-state index contributed by atoms with van der Waals surface area (Å²) in [7, 11) is 2.59. The van der Waals surface area contributed by atoms with Crippen molar-refractivity contribution in [3.8, 4) is 22.4 Å². The number of H-pyrrole nitrogens is 1. The lowest BCUT2D eigenvalue weighted by molar-refractivity contribution is -0.135. The molecule has 2 saturated heterocycles. The molecular weight excluding hydrogens is 735 g/mol. The third-order valence-electron chi connectivity index (χ3n) is 11.6. The number of aromatic amines is 1. The first-order chi connectivity index (χ1) is 28.0. The highest BCUT2D eigenvalue weighted by atomic mass is 16.5. The normalized spacial score (nSPS) is 19.0. The molecule has 0 spiro atoms. The molecule has 0 unspecified atom stereocenters. The fraction of sp³-hybridized carbons (Fsp3) is 0.422. The maximum Gasteiger partial charge on any atom is 0.407 e. The molecule has 7 rings (SSSR count). The van der Waals surface area contributed by atoms with Gasteiger partial charge in [0.15, 0.2) is 0 Å². The van der Waals surface area contributed by atoms with Gasteiger partial charge in [0.2, 0.25) is 11.8 Å². The Bertz CT molecular complexity index is 2260. The molecule has 3 aromatic carbocycles. The van der Waals surface area contributed by atoms with Crippen molar-refractivity contribution in [2.24, 2.45) is 16.8 Å². The number of likely N-dealkylation sites (tertiary alicyclic amines) is 2. The van der Waals surface area contributed by atoms with Gasteiger partial charge in [-0.05, 0) is 82.7 Å². The summed E-state index contributed by atoms with van der Waals surface area (Å²) in [4.78, 5) is 68.1. The van der Waals surface area contributed by atoms with Gasteiger partial charge in [-0.2, -0.15) is 0 Å². The number of hydrogen-bond donors (Lipinski definition) is 3. The first-order valence-corrected chi connectivity index (χ1v) is 20.2. The molecule has 4 heterocycles. The van der Waals surface area contributed by atoms with Crippen LogP contribution in [0.3, 0.4) is 0 Å². The lowest BCUT2D eigenvalue weighted by Crippen LogP contribution is -2.53. The predicted octanol–water partition coefficient (Wildman–Crippen LogP) is 7.50. The zero-order chi connectivity index (χ0) is 41.1. The number of amides is 4. The van der Waals surface area contributed by atoms with Gasteiger partial charge >= 0.3 is 12.2 Å². The lowest BCUT2D eigenvalue weighted by Gasteiger charge is -2.31. The van der Waals surface area contributed by atoms with E-state index in [2.05, 4.69) is 76.3 Å². The van der Waals surface area contributed by atoms with Crippen LogP contribution in [0, 0.1) is 11.8 Å². The average molecular weight is 788 g/mol. The number of benzene rings is 3. The van der Waals surface area contributed by atoms with Crippen LogP contribution in [0.5, 0.6) is 0 Å². The van der Waals surface area contributed by atoms with Gasteiger partial charge in [0, 0.05) is 37.0 Å². The maximum atomic E-state index is 13.7. The molecule has 0 aliphatic carbocycles. The number of carbonyl (C=O) groups is 4. The van der Waals surface area contributed by atoms with E-state index in [0.29, 0.717) is 19.5 Å². The van der Waals surface area contributed by atoms with E-state index in [9.17, 15) is 19.2 Å². The largest absolute Gasteiger partial charge is 0.453 e. The van der Waals surface area contributed by atoms with Crippen molar-refractivity contribution in [1.82, 2.24) is 30.4 Å². The Kier molecular flexibility index (Phi) is 12.0. The minimum Gasteiger partial charge on any atom is -0.453 e. The van der Waals surface area contributed by atoms with E-state index in [-0.39, 0.29) is 35.7 Å². The number of methoxy groups -OCH3 is 2. The second-order valence-corrected chi connectivity index (χ2v) is 16.1. The minimum atomic E-state index is -0.694. The molecule has 0 radical (unpaired) electrons. The first kappa shape index (κ1) is 40.2. The van der Waals surface area contributed by atoms with Gasteiger partial charge in [0.1, 0.15) is 17.9 Å². The molecule has 3 N–H and O–H groups in total. The van der Waals surface area contributed by atoms with E-state index in [1.54, 1.807) is 0 Å². The third-order valence-corrected chi connectivity index (χ3v) is 11.6. The van der Waals surface area contributed by atoms with E-state index in [4.69, 9.17) is 19.5 Å². The van der Waals surface area contributed by atoms with Crippen molar-refractivity contribution in [2.75, 3.05) is 27.3 Å². The third kappa shape index (κ3) is 8.21. The predicted molar refractivity (Wildman–Crippen MR) is 224 cm³/mol. The lowest BCUT2D eigenvalue weighted by atomic mass is 9.93. The Hall–Kier alpha value is -5.98. The fourth-order valence-corrected chi connectivity index (χ4v) is 8.52. The van der Waals surface area contributed by atoms with Crippen LogP contribution in [0.4, 0.5) is 9.59 Å². The molecule has 13 heteroatoms. The molecule has 1 aromatic heterocycles. The van der Waals surface area contributed by atoms with E-state index in [0.717, 1.165) is 81.5 Å². The molecule has 2 fully saturated rings. The van der Waals surface area contributed by atoms with Crippen LogP contribution in [-0.2, 0) is 19.1 Å². The summed E-state index contributed by atoms with van der Waals surface area (Å²) in [6.07, 6.45) is 6.50. The molecule has 13 nitrogen and oxygen atoms in total. The van der Waals surface area contributed by atoms with Crippen molar-refractivity contribution in [3.63, 3.8) is 0 Å². The fourth-order valence-electron chi connectivity index (χ4n) is 8.52. The van der Waals surface area contributed by atoms with Crippen molar-refractivity contribution < 1.29 is 28.7 Å². The molecule has 0 saturated carbocycles. The zero-order valence-electron chi connectivity index (χ0n) is 34.1. The van der Waals surface area contributed by atoms with Crippen molar-refractivity contribution in [2.45, 2.75) is 84.0 Å². The summed E-state index contributed by atoms with van der Waals surface area (Å²) in [5.41, 5.74) is 7.20. The second kappa shape index (κ2) is 17.3. The Labute approximate surface area is 339 Å². The molecule has 3 aliphatic rings. The Morgan fingerprint density at radius 2 is 1.38 bits per heavy atom. The van der Waals surface area contributed by atoms with Gasteiger partial charge in [-0.15, -0.1) is 0 Å². The number of nitrogens with one attached hydrogen (secondary N) is 3. The van der Waals surface area contributed by atoms with Gasteiger partial charge in [0.25, 0.3) is 0 Å². The van der Waals surface area contributed by atoms with Crippen LogP contribution in [0.25, 0.3) is 38.7 Å². The van der Waals surface area contributed by atoms with Crippen molar-refractivity contribution >= 4 is 46.1 Å². The number of aromatic nitrogens is 2. The summed E-state index contributed by atoms with van der Waals surface area (Å²) in [6.45, 7) is 8.86. The summed E-state index contributed by atoms with van der Waals surface area (Å²) in [6, 6.07) is 19.5. The number of nitrogens with zero attached hydrogens (tertiary/aromatic N) is 4. The highest BCUT2D eigenvalue weighted by Crippen LogP contribution is 2.37. The van der Waals surface area contributed by atoms with Crippen LogP contribution in [0.2, 0.25) is 0 Å². The van der Waals surface area contributed by atoms with Crippen LogP contribution in [0.15, 0.2) is 78.1 Å². The summed E-state index contributed by atoms with van der Waals surface area (Å²) in [5.74, 6) is 0.276. The molecule has 4 atom stereocenters. The number of carbonyl (C=O) groups excluding carboxylic acids is 4. The molecular formula is C45H53N7O6. The number of fused-ring (bicyclic) bond motifs is 1. The number of ether oxygens (including phenoxy) is 2. The molecule has 0 bridgehead atoms. The number of rotatable bonds is 11. The Balaban J connectivity index is 1.06. The molecule has 4 aromatic rings. The van der Waals surface area contributed by atoms with Gasteiger partial charge in [0.05, 0.1) is 38.2 Å². The molecule has 304 valence electrons. The van der Waals surface area contributed by atoms with Crippen LogP contribution in [0.1, 0.15) is 77.2 Å². The number of alkyl carbamates (subject to hydrolysis) is 2. The SMILES string of the molecule is COC(=O)N[C@H](C(=O)N1CCC[C@H]1C1=NC=C(c2cccc(-c3cccc4cc(-c5cnc([C@@H]6CCCN6C(=O)[C@@H](NC(=O)OC)C(C)C)[nH]5)ccc34)c2)C1)C(C)C. The van der Waals surface area contributed by atoms with Crippen molar-refractivity contribution in [3.05, 3.63) is 84.4 Å². The van der Waals surface area contributed by atoms with E-state index in [1.807, 2.05) is 49.9 Å². The topological polar surface area (TPSA) is 158 Å². The van der Waals surface area contributed by atoms with E-state index in [1.165, 1.54) is 14.2 Å². The van der Waals surface area contributed by atoms with Gasteiger partial charge in [-0.1, -0.05) is 76.2 Å². The number of hydrogen-bond acceptors (Lipinski definition) is 8. The van der Waals surface area contributed by atoms with E-state index < -0.39 is 24.3 Å². The zero-order valence-corrected chi connectivity index (χ0v) is 34.1. The summed E-state index contributed by atoms with van der Waals surface area (Å²) in [5, 5.41) is 7.64. The second-order valence-electron chi connectivity index (χ2n) is 16.1. The summed E-state index contributed by atoms with van der Waals surface area (Å²) < 4.78 is 9.57. The quantitative estimate of drug-likeness (QED) is 0.142. The molecule has 3 aliphatic heterocycles.